The van der Waals surface area contributed by atoms with Crippen LogP contribution in [0.4, 0.5) is 5.69 Å². The summed E-state index contributed by atoms with van der Waals surface area (Å²) in [5.41, 5.74) is 6.17. The summed E-state index contributed by atoms with van der Waals surface area (Å²) >= 11 is 0. The van der Waals surface area contributed by atoms with Crippen LogP contribution in [-0.4, -0.2) is 10.9 Å². The third kappa shape index (κ3) is 4.41. The van der Waals surface area contributed by atoms with Crippen LogP contribution in [0.5, 0.6) is 0 Å². The Morgan fingerprint density at radius 1 is 0.848 bits per heavy atom. The van der Waals surface area contributed by atoms with E-state index in [1.807, 2.05) is 91.0 Å². The van der Waals surface area contributed by atoms with Crippen molar-refractivity contribution in [3.63, 3.8) is 0 Å². The molecule has 162 valence electrons. The van der Waals surface area contributed by atoms with Gasteiger partial charge in [-0.3, -0.25) is 4.79 Å². The van der Waals surface area contributed by atoms with Crippen molar-refractivity contribution < 1.29 is 9.21 Å². The molecule has 0 saturated carbocycles. The summed E-state index contributed by atoms with van der Waals surface area (Å²) in [4.78, 5) is 18.0. The fourth-order valence-electron chi connectivity index (χ4n) is 4.01. The van der Waals surface area contributed by atoms with Crippen LogP contribution >= 0.6 is 0 Å². The first-order valence-corrected chi connectivity index (χ1v) is 11.1. The first-order chi connectivity index (χ1) is 16.2. The van der Waals surface area contributed by atoms with Gasteiger partial charge in [0.05, 0.1) is 5.92 Å². The van der Waals surface area contributed by atoms with E-state index < -0.39 is 5.92 Å². The van der Waals surface area contributed by atoms with E-state index in [9.17, 15) is 4.79 Å². The average Bonchev–Trinajstić information content (AvgIpc) is 3.29. The highest BCUT2D eigenvalue weighted by molar-refractivity contribution is 5.99. The fourth-order valence-corrected chi connectivity index (χ4v) is 4.01. The molecule has 1 amide bonds. The predicted molar refractivity (Wildman–Crippen MR) is 132 cm³/mol. The Kier molecular flexibility index (Phi) is 5.73. The molecule has 4 aromatic carbocycles. The van der Waals surface area contributed by atoms with Crippen molar-refractivity contribution >= 4 is 22.7 Å². The van der Waals surface area contributed by atoms with Gasteiger partial charge in [-0.15, -0.1) is 0 Å². The molecule has 4 heteroatoms. The lowest BCUT2D eigenvalue weighted by Crippen LogP contribution is -2.22. The molecule has 1 aromatic heterocycles. The van der Waals surface area contributed by atoms with Gasteiger partial charge in [0.2, 0.25) is 11.8 Å². The number of carbonyl (C=O) groups is 1. The number of hydrogen-bond donors (Lipinski definition) is 1. The van der Waals surface area contributed by atoms with Gasteiger partial charge in [0.1, 0.15) is 5.52 Å². The minimum atomic E-state index is -0.409. The topological polar surface area (TPSA) is 55.1 Å². The third-order valence-corrected chi connectivity index (χ3v) is 5.79. The molecule has 1 heterocycles. The largest absolute Gasteiger partial charge is 0.436 e. The maximum absolute atomic E-state index is 13.4. The predicted octanol–water partition coefficient (Wildman–Crippen LogP) is 6.83. The number of benzene rings is 4. The van der Waals surface area contributed by atoms with Gasteiger partial charge < -0.3 is 9.73 Å². The maximum Gasteiger partial charge on any atom is 0.236 e. The lowest BCUT2D eigenvalue weighted by Gasteiger charge is -2.18. The third-order valence-electron chi connectivity index (χ3n) is 5.79. The summed E-state index contributed by atoms with van der Waals surface area (Å²) in [7, 11) is 0. The zero-order valence-electron chi connectivity index (χ0n) is 18.4. The lowest BCUT2D eigenvalue weighted by molar-refractivity contribution is -0.116. The molecule has 33 heavy (non-hydrogen) atoms. The van der Waals surface area contributed by atoms with Crippen LogP contribution in [-0.2, 0) is 11.2 Å². The second-order valence-corrected chi connectivity index (χ2v) is 8.00. The van der Waals surface area contributed by atoms with Crippen LogP contribution in [0.3, 0.4) is 0 Å². The molecule has 1 N–H and O–H groups in total. The number of anilines is 1. The molecule has 0 aliphatic heterocycles. The monoisotopic (exact) mass is 432 g/mol. The van der Waals surface area contributed by atoms with Crippen molar-refractivity contribution in [2.24, 2.45) is 0 Å². The minimum absolute atomic E-state index is 0.0920. The Bertz CT molecular complexity index is 1330. The summed E-state index contributed by atoms with van der Waals surface area (Å²) in [6.45, 7) is 2.13. The lowest BCUT2D eigenvalue weighted by atomic mass is 9.90. The zero-order chi connectivity index (χ0) is 22.6. The Hall–Kier alpha value is -4.18. The molecule has 0 spiro atoms. The molecular formula is C29H24N2O2. The Morgan fingerprint density at radius 3 is 2.09 bits per heavy atom. The van der Waals surface area contributed by atoms with E-state index in [4.69, 9.17) is 4.42 Å². The molecule has 0 aliphatic carbocycles. The molecule has 5 rings (SSSR count). The summed E-state index contributed by atoms with van der Waals surface area (Å²) in [5, 5.41) is 3.07. The molecule has 4 nitrogen and oxygen atoms in total. The number of carbonyl (C=O) groups excluding carboxylic acids is 1. The van der Waals surface area contributed by atoms with E-state index in [-0.39, 0.29) is 5.91 Å². The first kappa shape index (κ1) is 20.7. The normalized spacial score (nSPS) is 11.1. The molecule has 0 atom stereocenters. The van der Waals surface area contributed by atoms with Gasteiger partial charge in [0.15, 0.2) is 5.58 Å². The summed E-state index contributed by atoms with van der Waals surface area (Å²) in [6, 6.07) is 33.4. The van der Waals surface area contributed by atoms with Gasteiger partial charge in [-0.2, -0.15) is 0 Å². The van der Waals surface area contributed by atoms with Gasteiger partial charge in [-0.1, -0.05) is 79.7 Å². The summed E-state index contributed by atoms with van der Waals surface area (Å²) in [6.07, 6.45) is 0.990. The average molecular weight is 433 g/mol. The molecule has 0 unspecified atom stereocenters. The molecule has 5 aromatic rings. The van der Waals surface area contributed by atoms with Crippen LogP contribution < -0.4 is 5.32 Å². The Balaban J connectivity index is 1.43. The van der Waals surface area contributed by atoms with Crippen molar-refractivity contribution in [2.75, 3.05) is 5.32 Å². The zero-order valence-corrected chi connectivity index (χ0v) is 18.4. The van der Waals surface area contributed by atoms with Crippen molar-refractivity contribution in [1.82, 2.24) is 4.98 Å². The quantitative estimate of drug-likeness (QED) is 0.320. The van der Waals surface area contributed by atoms with E-state index in [1.54, 1.807) is 0 Å². The number of nitrogens with zero attached hydrogens (tertiary/aromatic N) is 1. The standard InChI is InChI=1S/C29H24N2O2/c1-2-20-13-15-23(16-14-20)29-31-25-19-24(17-18-26(25)33-29)30-28(32)27(21-9-5-3-6-10-21)22-11-7-4-8-12-22/h3-19,27H,2H2,1H3,(H,30,32). The van der Waals surface area contributed by atoms with Gasteiger partial charge in [-0.25, -0.2) is 4.98 Å². The molecule has 0 aliphatic rings. The molecule has 0 radical (unpaired) electrons. The van der Waals surface area contributed by atoms with Gasteiger partial charge in [-0.05, 0) is 53.4 Å². The Labute approximate surface area is 192 Å². The van der Waals surface area contributed by atoms with Crippen molar-refractivity contribution in [1.29, 1.82) is 0 Å². The number of fused-ring (bicyclic) bond motifs is 1. The number of oxazole rings is 1. The highest BCUT2D eigenvalue weighted by Crippen LogP contribution is 2.29. The van der Waals surface area contributed by atoms with Crippen molar-refractivity contribution in [3.8, 4) is 11.5 Å². The van der Waals surface area contributed by atoms with E-state index in [2.05, 4.69) is 29.4 Å². The summed E-state index contributed by atoms with van der Waals surface area (Å²) < 4.78 is 5.95. The van der Waals surface area contributed by atoms with Gasteiger partial charge >= 0.3 is 0 Å². The number of hydrogen-bond acceptors (Lipinski definition) is 3. The van der Waals surface area contributed by atoms with Crippen molar-refractivity contribution in [2.45, 2.75) is 19.3 Å². The smallest absolute Gasteiger partial charge is 0.236 e. The van der Waals surface area contributed by atoms with E-state index in [0.717, 1.165) is 23.1 Å². The van der Waals surface area contributed by atoms with Gasteiger partial charge in [0, 0.05) is 11.3 Å². The highest BCUT2D eigenvalue weighted by Gasteiger charge is 2.23. The maximum atomic E-state index is 13.4. The Morgan fingerprint density at radius 2 is 1.48 bits per heavy atom. The molecule has 0 bridgehead atoms. The van der Waals surface area contributed by atoms with E-state index in [0.29, 0.717) is 22.7 Å². The fraction of sp³-hybridized carbons (Fsp3) is 0.103. The van der Waals surface area contributed by atoms with Gasteiger partial charge in [0.25, 0.3) is 0 Å². The van der Waals surface area contributed by atoms with Crippen LogP contribution in [0, 0.1) is 0 Å². The van der Waals surface area contributed by atoms with Crippen LogP contribution in [0.25, 0.3) is 22.6 Å². The number of amides is 1. The van der Waals surface area contributed by atoms with Crippen LogP contribution in [0.1, 0.15) is 29.5 Å². The molecule has 0 saturated heterocycles. The second kappa shape index (κ2) is 9.13. The second-order valence-electron chi connectivity index (χ2n) is 8.00. The summed E-state index contributed by atoms with van der Waals surface area (Å²) in [5.74, 6) is 0.0706. The van der Waals surface area contributed by atoms with Crippen LogP contribution in [0.15, 0.2) is 108 Å². The van der Waals surface area contributed by atoms with Crippen molar-refractivity contribution in [3.05, 3.63) is 120 Å². The number of rotatable bonds is 6. The van der Waals surface area contributed by atoms with E-state index in [1.165, 1.54) is 5.56 Å². The number of aromatic nitrogens is 1. The highest BCUT2D eigenvalue weighted by atomic mass is 16.3. The molecular weight excluding hydrogens is 408 g/mol. The number of aryl methyl sites for hydroxylation is 1. The van der Waals surface area contributed by atoms with Crippen LogP contribution in [0.2, 0.25) is 0 Å². The first-order valence-electron chi connectivity index (χ1n) is 11.1. The number of nitrogens with one attached hydrogen (secondary N) is 1. The minimum Gasteiger partial charge on any atom is -0.436 e. The molecule has 0 fully saturated rings. The van der Waals surface area contributed by atoms with E-state index >= 15 is 0 Å². The SMILES string of the molecule is CCc1ccc(-c2nc3cc(NC(=O)C(c4ccccc4)c4ccccc4)ccc3o2)cc1.